The highest BCUT2D eigenvalue weighted by Gasteiger charge is 2.33. The predicted octanol–water partition coefficient (Wildman–Crippen LogP) is 5.51. The Labute approximate surface area is 170 Å². The maximum Gasteiger partial charge on any atom is 0.416 e. The fourth-order valence-corrected chi connectivity index (χ4v) is 4.62. The molecule has 0 radical (unpaired) electrons. The summed E-state index contributed by atoms with van der Waals surface area (Å²) in [6.45, 7) is 2.42. The van der Waals surface area contributed by atoms with Crippen molar-refractivity contribution in [2.75, 3.05) is 6.54 Å². The van der Waals surface area contributed by atoms with Gasteiger partial charge in [0, 0.05) is 24.5 Å². The number of hydrogen-bond donors (Lipinski definition) is 0. The van der Waals surface area contributed by atoms with Crippen LogP contribution in [0.25, 0.3) is 10.6 Å². The van der Waals surface area contributed by atoms with E-state index in [1.54, 1.807) is 19.3 Å². The maximum absolute atomic E-state index is 13.2. The molecular weight excluding hydrogens is 399 g/mol. The molecule has 0 spiro atoms. The second kappa shape index (κ2) is 7.59. The Bertz CT molecular complexity index is 1020. The van der Waals surface area contributed by atoms with Crippen LogP contribution in [0.3, 0.4) is 0 Å². The Hall–Kier alpha value is -2.74. The zero-order chi connectivity index (χ0) is 20.6. The highest BCUT2D eigenvalue weighted by Crippen LogP contribution is 2.37. The second-order valence-electron chi connectivity index (χ2n) is 6.95. The number of aryl methyl sites for hydroxylation is 1. The topological polar surface area (TPSA) is 46.1 Å². The molecule has 1 aromatic carbocycles. The van der Waals surface area contributed by atoms with Crippen molar-refractivity contribution in [1.82, 2.24) is 14.9 Å². The summed E-state index contributed by atoms with van der Waals surface area (Å²) in [5, 5.41) is 0.541. The summed E-state index contributed by atoms with van der Waals surface area (Å²) in [5.41, 5.74) is 1.51. The zero-order valence-corrected chi connectivity index (χ0v) is 16.4. The summed E-state index contributed by atoms with van der Waals surface area (Å²) >= 11 is 1.22. The van der Waals surface area contributed by atoms with E-state index in [4.69, 9.17) is 0 Å². The van der Waals surface area contributed by atoms with E-state index in [0.29, 0.717) is 27.7 Å². The highest BCUT2D eigenvalue weighted by molar-refractivity contribution is 7.17. The third-order valence-electron chi connectivity index (χ3n) is 5.05. The summed E-state index contributed by atoms with van der Waals surface area (Å²) in [7, 11) is 0. The maximum atomic E-state index is 13.2. The number of carbonyl (C=O) groups is 1. The third-order valence-corrected chi connectivity index (χ3v) is 6.25. The first-order valence-corrected chi connectivity index (χ1v) is 10.0. The molecule has 150 valence electrons. The Balaban J connectivity index is 1.60. The number of thiazole rings is 1. The fourth-order valence-electron chi connectivity index (χ4n) is 3.59. The molecule has 1 aliphatic heterocycles. The molecule has 0 aliphatic carbocycles. The van der Waals surface area contributed by atoms with E-state index in [1.165, 1.54) is 23.5 Å². The van der Waals surface area contributed by atoms with Crippen LogP contribution in [-0.2, 0) is 6.18 Å². The van der Waals surface area contributed by atoms with Crippen LogP contribution >= 0.6 is 11.3 Å². The molecule has 2 aromatic heterocycles. The van der Waals surface area contributed by atoms with Crippen LogP contribution in [0.4, 0.5) is 13.2 Å². The summed E-state index contributed by atoms with van der Waals surface area (Å²) in [5.74, 6) is -0.0857. The van der Waals surface area contributed by atoms with Crippen molar-refractivity contribution >= 4 is 17.2 Å². The first kappa shape index (κ1) is 19.6. The smallest absolute Gasteiger partial charge is 0.331 e. The number of pyridine rings is 1. The molecule has 1 fully saturated rings. The van der Waals surface area contributed by atoms with Gasteiger partial charge in [0.25, 0.3) is 5.91 Å². The molecule has 4 rings (SSSR count). The Morgan fingerprint density at radius 2 is 1.83 bits per heavy atom. The van der Waals surface area contributed by atoms with E-state index in [9.17, 15) is 18.0 Å². The van der Waals surface area contributed by atoms with E-state index in [-0.39, 0.29) is 11.9 Å². The van der Waals surface area contributed by atoms with Crippen LogP contribution in [0, 0.1) is 6.92 Å². The number of halogens is 3. The summed E-state index contributed by atoms with van der Waals surface area (Å²) in [6, 6.07) is 8.70. The predicted molar refractivity (Wildman–Crippen MR) is 105 cm³/mol. The third kappa shape index (κ3) is 3.89. The van der Waals surface area contributed by atoms with Gasteiger partial charge >= 0.3 is 6.18 Å². The van der Waals surface area contributed by atoms with Crippen molar-refractivity contribution in [2.24, 2.45) is 0 Å². The summed E-state index contributed by atoms with van der Waals surface area (Å²) in [4.78, 5) is 24.1. The molecule has 1 saturated heterocycles. The number of aromatic nitrogens is 2. The van der Waals surface area contributed by atoms with Gasteiger partial charge in [0.1, 0.15) is 9.88 Å². The molecule has 0 unspecified atom stereocenters. The molecule has 0 bridgehead atoms. The van der Waals surface area contributed by atoms with Gasteiger partial charge in [0.05, 0.1) is 17.3 Å². The fraction of sp³-hybridized carbons (Fsp3) is 0.286. The minimum Gasteiger partial charge on any atom is -0.331 e. The van der Waals surface area contributed by atoms with Crippen LogP contribution in [0.1, 0.15) is 45.4 Å². The van der Waals surface area contributed by atoms with Gasteiger partial charge in [-0.2, -0.15) is 13.2 Å². The molecule has 1 aliphatic rings. The van der Waals surface area contributed by atoms with Crippen LogP contribution in [0.2, 0.25) is 0 Å². The average molecular weight is 417 g/mol. The molecular formula is C21H18F3N3OS. The van der Waals surface area contributed by atoms with E-state index in [2.05, 4.69) is 9.97 Å². The minimum absolute atomic E-state index is 0.00141. The molecule has 1 amide bonds. The van der Waals surface area contributed by atoms with Gasteiger partial charge in [0.2, 0.25) is 0 Å². The normalized spacial score (nSPS) is 17.0. The van der Waals surface area contributed by atoms with Gasteiger partial charge in [-0.3, -0.25) is 9.78 Å². The Morgan fingerprint density at radius 3 is 2.48 bits per heavy atom. The lowest BCUT2D eigenvalue weighted by Crippen LogP contribution is -2.30. The zero-order valence-electron chi connectivity index (χ0n) is 15.6. The van der Waals surface area contributed by atoms with Crippen LogP contribution < -0.4 is 0 Å². The van der Waals surface area contributed by atoms with E-state index >= 15 is 0 Å². The number of benzene rings is 1. The first-order chi connectivity index (χ1) is 13.8. The largest absolute Gasteiger partial charge is 0.416 e. The first-order valence-electron chi connectivity index (χ1n) is 9.20. The van der Waals surface area contributed by atoms with Crippen LogP contribution in [0.15, 0.2) is 48.8 Å². The molecule has 3 heterocycles. The lowest BCUT2D eigenvalue weighted by molar-refractivity contribution is -0.137. The van der Waals surface area contributed by atoms with E-state index < -0.39 is 11.7 Å². The molecule has 8 heteroatoms. The van der Waals surface area contributed by atoms with Crippen molar-refractivity contribution in [3.63, 3.8) is 0 Å². The second-order valence-corrected chi connectivity index (χ2v) is 7.94. The van der Waals surface area contributed by atoms with Crippen LogP contribution in [-0.4, -0.2) is 27.3 Å². The van der Waals surface area contributed by atoms with Gasteiger partial charge in [-0.1, -0.05) is 12.1 Å². The Morgan fingerprint density at radius 1 is 1.14 bits per heavy atom. The van der Waals surface area contributed by atoms with Crippen LogP contribution in [0.5, 0.6) is 0 Å². The number of carbonyl (C=O) groups excluding carboxylic acids is 1. The van der Waals surface area contributed by atoms with Crippen molar-refractivity contribution in [3.05, 3.63) is 70.5 Å². The molecule has 3 aromatic rings. The Kier molecular flexibility index (Phi) is 5.12. The number of amides is 1. The highest BCUT2D eigenvalue weighted by atomic mass is 32.1. The standard InChI is InChI=1S/C21H18F3N3OS/c1-13-18(20(28)27-12-2-3-17(27)14-8-10-25-11-9-14)29-19(26-13)15-4-6-16(7-5-15)21(22,23)24/h4-11,17H,2-3,12H2,1H3/t17-/m0/s1. The molecule has 4 nitrogen and oxygen atoms in total. The number of likely N-dealkylation sites (tertiary alicyclic amines) is 1. The lowest BCUT2D eigenvalue weighted by Gasteiger charge is -2.24. The number of hydrogen-bond acceptors (Lipinski definition) is 4. The van der Waals surface area contributed by atoms with Gasteiger partial charge in [-0.05, 0) is 49.6 Å². The molecule has 0 saturated carbocycles. The lowest BCUT2D eigenvalue weighted by atomic mass is 10.1. The summed E-state index contributed by atoms with van der Waals surface area (Å²) in [6.07, 6.45) is 0.867. The van der Waals surface area contributed by atoms with Gasteiger partial charge < -0.3 is 4.90 Å². The number of rotatable bonds is 3. The van der Waals surface area contributed by atoms with Crippen molar-refractivity contribution < 1.29 is 18.0 Å². The van der Waals surface area contributed by atoms with Gasteiger partial charge in [-0.25, -0.2) is 4.98 Å². The van der Waals surface area contributed by atoms with Crippen molar-refractivity contribution in [1.29, 1.82) is 0 Å². The van der Waals surface area contributed by atoms with Crippen molar-refractivity contribution in [3.8, 4) is 10.6 Å². The van der Waals surface area contributed by atoms with Gasteiger partial charge in [0.15, 0.2) is 0 Å². The monoisotopic (exact) mass is 417 g/mol. The number of alkyl halides is 3. The summed E-state index contributed by atoms with van der Waals surface area (Å²) < 4.78 is 38.3. The minimum atomic E-state index is -4.38. The number of nitrogens with zero attached hydrogens (tertiary/aromatic N) is 3. The van der Waals surface area contributed by atoms with E-state index in [0.717, 1.165) is 30.5 Å². The molecule has 0 N–H and O–H groups in total. The van der Waals surface area contributed by atoms with Gasteiger partial charge in [-0.15, -0.1) is 11.3 Å². The average Bonchev–Trinajstić information content (AvgIpc) is 3.35. The molecule has 1 atom stereocenters. The SMILES string of the molecule is Cc1nc(-c2ccc(C(F)(F)F)cc2)sc1C(=O)N1CCC[C@H]1c1ccncc1. The van der Waals surface area contributed by atoms with Crippen molar-refractivity contribution in [2.45, 2.75) is 32.0 Å². The quantitative estimate of drug-likeness (QED) is 0.565. The van der Waals surface area contributed by atoms with E-state index in [1.807, 2.05) is 17.0 Å². The molecule has 29 heavy (non-hydrogen) atoms.